The van der Waals surface area contributed by atoms with E-state index in [1.54, 1.807) is 11.6 Å². The monoisotopic (exact) mass is 327 g/mol. The molecule has 1 aromatic carbocycles. The average Bonchev–Trinajstić information content (AvgIpc) is 2.95. The van der Waals surface area contributed by atoms with E-state index in [4.69, 9.17) is 15.2 Å². The smallest absolute Gasteiger partial charge is 0.240 e. The summed E-state index contributed by atoms with van der Waals surface area (Å²) in [6.45, 7) is 1.53. The van der Waals surface area contributed by atoms with Crippen LogP contribution in [0.4, 0.5) is 5.95 Å². The van der Waals surface area contributed by atoms with Crippen LogP contribution in [0.1, 0.15) is 0 Å². The van der Waals surface area contributed by atoms with Crippen LogP contribution in [0.5, 0.6) is 11.5 Å². The van der Waals surface area contributed by atoms with Gasteiger partial charge in [-0.2, -0.15) is 4.98 Å². The molecule has 2 aromatic heterocycles. The summed E-state index contributed by atoms with van der Waals surface area (Å²) < 4.78 is 12.7. The molecule has 0 aliphatic carbocycles. The lowest BCUT2D eigenvalue weighted by Gasteiger charge is -2.12. The zero-order chi connectivity index (χ0) is 17.1. The van der Waals surface area contributed by atoms with E-state index in [-0.39, 0.29) is 5.95 Å². The Bertz CT molecular complexity index is 827. The Kier molecular flexibility index (Phi) is 4.52. The standard InChI is InChI=1S/C17H21N5O2/c1-21(2)10-11-24-13-6-4-12(5-7-13)14-8-9-15(23-3)16-19-17(18)20-22(14)16/h4-9H,10-11H2,1-3H3,(H2,18,20). The number of pyridine rings is 1. The van der Waals surface area contributed by atoms with E-state index in [0.29, 0.717) is 18.0 Å². The summed E-state index contributed by atoms with van der Waals surface area (Å²) in [6, 6.07) is 11.7. The van der Waals surface area contributed by atoms with Gasteiger partial charge in [0.05, 0.1) is 12.8 Å². The molecule has 3 aromatic rings. The van der Waals surface area contributed by atoms with Crippen molar-refractivity contribution in [1.29, 1.82) is 0 Å². The van der Waals surface area contributed by atoms with Gasteiger partial charge in [-0.3, -0.25) is 0 Å². The molecular formula is C17H21N5O2. The third-order valence-electron chi connectivity index (χ3n) is 3.64. The Hall–Kier alpha value is -2.80. The second-order valence-corrected chi connectivity index (χ2v) is 5.67. The van der Waals surface area contributed by atoms with Crippen LogP contribution < -0.4 is 15.2 Å². The van der Waals surface area contributed by atoms with Crippen LogP contribution in [0.15, 0.2) is 36.4 Å². The molecular weight excluding hydrogens is 306 g/mol. The van der Waals surface area contributed by atoms with Gasteiger partial charge in [0.15, 0.2) is 11.4 Å². The lowest BCUT2D eigenvalue weighted by molar-refractivity contribution is 0.261. The predicted octanol–water partition coefficient (Wildman–Crippen LogP) is 1.93. The maximum atomic E-state index is 5.74. The number of rotatable bonds is 6. The molecule has 2 heterocycles. The topological polar surface area (TPSA) is 77.9 Å². The van der Waals surface area contributed by atoms with Crippen molar-refractivity contribution in [3.8, 4) is 22.8 Å². The highest BCUT2D eigenvalue weighted by molar-refractivity contribution is 5.68. The molecule has 7 heteroatoms. The zero-order valence-corrected chi connectivity index (χ0v) is 14.1. The normalized spacial score (nSPS) is 11.2. The van der Waals surface area contributed by atoms with Gasteiger partial charge in [-0.15, -0.1) is 5.10 Å². The first-order valence-corrected chi connectivity index (χ1v) is 7.65. The van der Waals surface area contributed by atoms with Gasteiger partial charge in [-0.25, -0.2) is 4.52 Å². The van der Waals surface area contributed by atoms with Crippen molar-refractivity contribution in [1.82, 2.24) is 19.5 Å². The zero-order valence-electron chi connectivity index (χ0n) is 14.1. The maximum absolute atomic E-state index is 5.74. The molecule has 7 nitrogen and oxygen atoms in total. The van der Waals surface area contributed by atoms with Crippen molar-refractivity contribution in [2.24, 2.45) is 0 Å². The molecule has 0 fully saturated rings. The van der Waals surface area contributed by atoms with Gasteiger partial charge in [0.25, 0.3) is 0 Å². The SMILES string of the molecule is COc1ccc(-c2ccc(OCCN(C)C)cc2)n2nc(N)nc12. The number of anilines is 1. The Labute approximate surface area is 140 Å². The van der Waals surface area contributed by atoms with Crippen molar-refractivity contribution in [2.45, 2.75) is 0 Å². The average molecular weight is 327 g/mol. The molecule has 0 spiro atoms. The fourth-order valence-corrected chi connectivity index (χ4v) is 2.40. The molecule has 0 saturated carbocycles. The largest absolute Gasteiger partial charge is 0.493 e. The first-order valence-electron chi connectivity index (χ1n) is 7.65. The summed E-state index contributed by atoms with van der Waals surface area (Å²) >= 11 is 0. The van der Waals surface area contributed by atoms with E-state index in [1.165, 1.54) is 0 Å². The second-order valence-electron chi connectivity index (χ2n) is 5.67. The van der Waals surface area contributed by atoms with Gasteiger partial charge in [0.2, 0.25) is 5.95 Å². The quantitative estimate of drug-likeness (QED) is 0.745. The molecule has 0 aliphatic rings. The van der Waals surface area contributed by atoms with E-state index in [0.717, 1.165) is 23.6 Å². The second kappa shape index (κ2) is 6.76. The molecule has 0 aliphatic heterocycles. The van der Waals surface area contributed by atoms with Gasteiger partial charge < -0.3 is 20.1 Å². The van der Waals surface area contributed by atoms with Crippen molar-refractivity contribution >= 4 is 11.6 Å². The number of nitrogens with zero attached hydrogens (tertiary/aromatic N) is 4. The van der Waals surface area contributed by atoms with Gasteiger partial charge >= 0.3 is 0 Å². The van der Waals surface area contributed by atoms with Gasteiger partial charge in [0.1, 0.15) is 12.4 Å². The number of nitrogens with two attached hydrogens (primary N) is 1. The number of nitrogen functional groups attached to an aromatic ring is 1. The summed E-state index contributed by atoms with van der Waals surface area (Å²) in [5.41, 5.74) is 8.22. The molecule has 0 atom stereocenters. The summed E-state index contributed by atoms with van der Waals surface area (Å²) in [4.78, 5) is 6.30. The number of aromatic nitrogens is 3. The van der Waals surface area contributed by atoms with Crippen molar-refractivity contribution in [3.05, 3.63) is 36.4 Å². The molecule has 0 unspecified atom stereocenters. The Balaban J connectivity index is 1.88. The van der Waals surface area contributed by atoms with Gasteiger partial charge in [-0.1, -0.05) is 0 Å². The number of methoxy groups -OCH3 is 1. The lowest BCUT2D eigenvalue weighted by atomic mass is 10.1. The highest BCUT2D eigenvalue weighted by Crippen LogP contribution is 2.27. The molecule has 0 radical (unpaired) electrons. The summed E-state index contributed by atoms with van der Waals surface area (Å²) in [5, 5.41) is 4.26. The van der Waals surface area contributed by atoms with E-state index in [9.17, 15) is 0 Å². The number of likely N-dealkylation sites (N-methyl/N-ethyl adjacent to an activating group) is 1. The van der Waals surface area contributed by atoms with Crippen LogP contribution in [0.2, 0.25) is 0 Å². The molecule has 0 saturated heterocycles. The first kappa shape index (κ1) is 16.1. The van der Waals surface area contributed by atoms with E-state index in [2.05, 4.69) is 15.0 Å². The van der Waals surface area contributed by atoms with E-state index >= 15 is 0 Å². The van der Waals surface area contributed by atoms with Crippen molar-refractivity contribution < 1.29 is 9.47 Å². The minimum Gasteiger partial charge on any atom is -0.493 e. The molecule has 3 rings (SSSR count). The van der Waals surface area contributed by atoms with Crippen LogP contribution >= 0.6 is 0 Å². The fourth-order valence-electron chi connectivity index (χ4n) is 2.40. The Morgan fingerprint density at radius 3 is 2.54 bits per heavy atom. The summed E-state index contributed by atoms with van der Waals surface area (Å²) in [7, 11) is 5.64. The van der Waals surface area contributed by atoms with Gasteiger partial charge in [0, 0.05) is 12.1 Å². The summed E-state index contributed by atoms with van der Waals surface area (Å²) in [6.07, 6.45) is 0. The van der Waals surface area contributed by atoms with Crippen LogP contribution in [0.25, 0.3) is 16.9 Å². The molecule has 2 N–H and O–H groups in total. The fraction of sp³-hybridized carbons (Fsp3) is 0.294. The Morgan fingerprint density at radius 2 is 1.88 bits per heavy atom. The molecule has 0 bridgehead atoms. The highest BCUT2D eigenvalue weighted by Gasteiger charge is 2.12. The van der Waals surface area contributed by atoms with Crippen molar-refractivity contribution in [3.63, 3.8) is 0 Å². The van der Waals surface area contributed by atoms with Crippen LogP contribution in [0, 0.1) is 0 Å². The van der Waals surface area contributed by atoms with Crippen LogP contribution in [0.3, 0.4) is 0 Å². The number of hydrogen-bond donors (Lipinski definition) is 1. The third kappa shape index (κ3) is 3.26. The van der Waals surface area contributed by atoms with Crippen molar-refractivity contribution in [2.75, 3.05) is 40.1 Å². The number of ether oxygens (including phenoxy) is 2. The number of hydrogen-bond acceptors (Lipinski definition) is 6. The highest BCUT2D eigenvalue weighted by atomic mass is 16.5. The van der Waals surface area contributed by atoms with Crippen LogP contribution in [-0.4, -0.2) is 53.9 Å². The first-order chi connectivity index (χ1) is 11.6. The molecule has 126 valence electrons. The lowest BCUT2D eigenvalue weighted by Crippen LogP contribution is -2.19. The minimum absolute atomic E-state index is 0.212. The third-order valence-corrected chi connectivity index (χ3v) is 3.64. The van der Waals surface area contributed by atoms with Gasteiger partial charge in [-0.05, 0) is 50.5 Å². The summed E-state index contributed by atoms with van der Waals surface area (Å²) in [5.74, 6) is 1.68. The molecule has 0 amide bonds. The molecule has 24 heavy (non-hydrogen) atoms. The van der Waals surface area contributed by atoms with E-state index < -0.39 is 0 Å². The number of fused-ring (bicyclic) bond motifs is 1. The van der Waals surface area contributed by atoms with Crippen LogP contribution in [-0.2, 0) is 0 Å². The number of benzene rings is 1. The minimum atomic E-state index is 0.212. The predicted molar refractivity (Wildman–Crippen MR) is 93.4 cm³/mol. The Morgan fingerprint density at radius 1 is 1.12 bits per heavy atom. The van der Waals surface area contributed by atoms with E-state index in [1.807, 2.05) is 50.5 Å². The maximum Gasteiger partial charge on any atom is 0.240 e.